The van der Waals surface area contributed by atoms with Gasteiger partial charge < -0.3 is 0 Å². The molecule has 4 rings (SSSR count). The largest absolute Gasteiger partial charge is 0.279 e. The van der Waals surface area contributed by atoms with E-state index in [9.17, 15) is 9.59 Å². The summed E-state index contributed by atoms with van der Waals surface area (Å²) < 4.78 is 0. The first kappa shape index (κ1) is 11.0. The summed E-state index contributed by atoms with van der Waals surface area (Å²) >= 11 is 0. The number of para-hydroxylation sites is 2. The summed E-state index contributed by atoms with van der Waals surface area (Å²) in [5, 5.41) is 2.40. The number of rotatable bonds is 0. The van der Waals surface area contributed by atoms with Gasteiger partial charge in [-0.1, -0.05) is 36.4 Å². The van der Waals surface area contributed by atoms with E-state index in [0.29, 0.717) is 32.3 Å². The molecule has 20 heavy (non-hydrogen) atoms. The van der Waals surface area contributed by atoms with E-state index in [1.165, 1.54) is 0 Å². The zero-order valence-corrected chi connectivity index (χ0v) is 10.3. The fourth-order valence-corrected chi connectivity index (χ4v) is 2.61. The third kappa shape index (κ3) is 1.36. The highest BCUT2D eigenvalue weighted by molar-refractivity contribution is 6.43. The van der Waals surface area contributed by atoms with Crippen molar-refractivity contribution in [1.82, 2.24) is 0 Å². The van der Waals surface area contributed by atoms with E-state index in [-0.39, 0.29) is 11.8 Å². The average Bonchev–Trinajstić information content (AvgIpc) is 2.47. The lowest BCUT2D eigenvalue weighted by molar-refractivity contribution is -0.115. The molecular formula is C16H8N2O2. The van der Waals surface area contributed by atoms with Gasteiger partial charge in [0.1, 0.15) is 0 Å². The molecule has 2 aromatic carbocycles. The molecule has 94 valence electrons. The van der Waals surface area contributed by atoms with E-state index in [4.69, 9.17) is 0 Å². The molecule has 4 heteroatoms. The van der Waals surface area contributed by atoms with Gasteiger partial charge in [-0.3, -0.25) is 9.59 Å². The second kappa shape index (κ2) is 3.81. The van der Waals surface area contributed by atoms with E-state index < -0.39 is 0 Å². The maximum Gasteiger partial charge on any atom is 0.279 e. The van der Waals surface area contributed by atoms with Crippen LogP contribution in [0, 0.1) is 0 Å². The molecule has 0 unspecified atom stereocenters. The van der Waals surface area contributed by atoms with Gasteiger partial charge in [-0.05, 0) is 12.1 Å². The van der Waals surface area contributed by atoms with Gasteiger partial charge in [-0.25, -0.2) is 9.98 Å². The highest BCUT2D eigenvalue weighted by Gasteiger charge is 2.27. The standard InChI is InChI=1S/C16H8N2O2/c19-15-13-9-5-1-3-7-11(9)17-16(20)14(13)10-6-2-4-8-12(10)18-15/h1-8H. The van der Waals surface area contributed by atoms with Crippen LogP contribution in [0.3, 0.4) is 0 Å². The molecule has 0 saturated heterocycles. The third-order valence-electron chi connectivity index (χ3n) is 3.47. The molecule has 2 aromatic rings. The van der Waals surface area contributed by atoms with Gasteiger partial charge >= 0.3 is 0 Å². The van der Waals surface area contributed by atoms with Crippen LogP contribution in [0.2, 0.25) is 0 Å². The molecule has 0 saturated carbocycles. The number of amides is 2. The zero-order chi connectivity index (χ0) is 13.7. The summed E-state index contributed by atoms with van der Waals surface area (Å²) in [7, 11) is 0. The van der Waals surface area contributed by atoms with Gasteiger partial charge in [-0.2, -0.15) is 0 Å². The topological polar surface area (TPSA) is 58.9 Å². The molecule has 0 atom stereocenters. The Bertz CT molecular complexity index is 947. The van der Waals surface area contributed by atoms with Crippen molar-refractivity contribution in [2.24, 2.45) is 9.98 Å². The summed E-state index contributed by atoms with van der Waals surface area (Å²) in [5.41, 5.74) is 0.721. The van der Waals surface area contributed by atoms with Crippen molar-refractivity contribution in [2.75, 3.05) is 0 Å². The first-order valence-corrected chi connectivity index (χ1v) is 6.21. The number of benzene rings is 2. The second-order valence-corrected chi connectivity index (χ2v) is 4.62. The monoisotopic (exact) mass is 260 g/mol. The van der Waals surface area contributed by atoms with Crippen molar-refractivity contribution in [2.45, 2.75) is 0 Å². The van der Waals surface area contributed by atoms with Gasteiger partial charge in [-0.15, -0.1) is 0 Å². The molecule has 0 N–H and O–H groups in total. The Hall–Kier alpha value is -2.88. The van der Waals surface area contributed by atoms with Crippen LogP contribution >= 0.6 is 0 Å². The molecular weight excluding hydrogens is 252 g/mol. The first-order valence-electron chi connectivity index (χ1n) is 6.21. The summed E-state index contributed by atoms with van der Waals surface area (Å²) in [5.74, 6) is -0.760. The Labute approximate surface area is 113 Å². The smallest absolute Gasteiger partial charge is 0.267 e. The van der Waals surface area contributed by atoms with Gasteiger partial charge in [0.05, 0.1) is 21.9 Å². The van der Waals surface area contributed by atoms with Crippen molar-refractivity contribution >= 4 is 23.0 Å². The minimum absolute atomic E-state index is 0.360. The maximum atomic E-state index is 12.3. The predicted octanol–water partition coefficient (Wildman–Crippen LogP) is -0.992. The number of nitrogens with zero attached hydrogens (tertiary/aromatic N) is 2. The Morgan fingerprint density at radius 3 is 1.45 bits per heavy atom. The second-order valence-electron chi connectivity index (χ2n) is 4.62. The van der Waals surface area contributed by atoms with Crippen LogP contribution in [0.15, 0.2) is 58.5 Å². The molecule has 0 bridgehead atoms. The highest BCUT2D eigenvalue weighted by Crippen LogP contribution is 2.16. The quantitative estimate of drug-likeness (QED) is 0.610. The summed E-state index contributed by atoms with van der Waals surface area (Å²) in [6, 6.07) is 14.3. The van der Waals surface area contributed by atoms with Crippen molar-refractivity contribution in [1.29, 1.82) is 0 Å². The minimum atomic E-state index is -0.380. The summed E-state index contributed by atoms with van der Waals surface area (Å²) in [6.07, 6.45) is 0. The third-order valence-corrected chi connectivity index (χ3v) is 3.47. The van der Waals surface area contributed by atoms with Crippen LogP contribution in [0.4, 0.5) is 0 Å². The molecule has 0 fully saturated rings. The molecule has 4 nitrogen and oxygen atoms in total. The van der Waals surface area contributed by atoms with Crippen molar-refractivity contribution in [3.8, 4) is 0 Å². The van der Waals surface area contributed by atoms with Crippen LogP contribution in [0.25, 0.3) is 11.1 Å². The lowest BCUT2D eigenvalue weighted by atomic mass is 9.94. The average molecular weight is 260 g/mol. The SMILES string of the molecule is O=C1N=c2ccccc2=C2C(=O)N=c3ccccc3=C12. The van der Waals surface area contributed by atoms with Gasteiger partial charge in [0, 0.05) is 10.4 Å². The van der Waals surface area contributed by atoms with Crippen LogP contribution in [-0.4, -0.2) is 11.8 Å². The van der Waals surface area contributed by atoms with E-state index in [2.05, 4.69) is 9.98 Å². The normalized spacial score (nSPS) is 15.8. The van der Waals surface area contributed by atoms with Crippen LogP contribution < -0.4 is 21.2 Å². The molecule has 0 radical (unpaired) electrons. The fraction of sp³-hybridized carbons (Fsp3) is 0. The molecule has 2 aliphatic heterocycles. The van der Waals surface area contributed by atoms with E-state index in [1.807, 2.05) is 12.1 Å². The first-order chi connectivity index (χ1) is 9.75. The van der Waals surface area contributed by atoms with Crippen molar-refractivity contribution in [3.63, 3.8) is 0 Å². The Morgan fingerprint density at radius 1 is 0.600 bits per heavy atom. The number of hydrogen-bond acceptors (Lipinski definition) is 2. The Balaban J connectivity index is 2.35. The fourth-order valence-electron chi connectivity index (χ4n) is 2.61. The Kier molecular flexibility index (Phi) is 2.09. The van der Waals surface area contributed by atoms with Gasteiger partial charge in [0.25, 0.3) is 11.8 Å². The van der Waals surface area contributed by atoms with E-state index in [1.54, 1.807) is 36.4 Å². The summed E-state index contributed by atoms with van der Waals surface area (Å²) in [6.45, 7) is 0. The van der Waals surface area contributed by atoms with Crippen LogP contribution in [0.5, 0.6) is 0 Å². The van der Waals surface area contributed by atoms with Crippen molar-refractivity contribution in [3.05, 3.63) is 69.7 Å². The van der Waals surface area contributed by atoms with Crippen LogP contribution in [0.1, 0.15) is 0 Å². The molecule has 0 spiro atoms. The maximum absolute atomic E-state index is 12.3. The number of carbonyl (C=O) groups excluding carboxylic acids is 2. The molecule has 2 heterocycles. The van der Waals surface area contributed by atoms with E-state index >= 15 is 0 Å². The molecule has 0 aliphatic carbocycles. The molecule has 2 aliphatic rings. The van der Waals surface area contributed by atoms with Gasteiger partial charge in [0.2, 0.25) is 0 Å². The molecule has 0 aromatic heterocycles. The minimum Gasteiger partial charge on any atom is -0.267 e. The number of fused-ring (bicyclic) bond motifs is 3. The number of hydrogen-bond donors (Lipinski definition) is 0. The lowest BCUT2D eigenvalue weighted by Gasteiger charge is -2.13. The predicted molar refractivity (Wildman–Crippen MR) is 71.3 cm³/mol. The zero-order valence-electron chi connectivity index (χ0n) is 10.3. The van der Waals surface area contributed by atoms with Gasteiger partial charge in [0.15, 0.2) is 0 Å². The Morgan fingerprint density at radius 2 is 1.00 bits per heavy atom. The lowest BCUT2D eigenvalue weighted by Crippen LogP contribution is -2.43. The van der Waals surface area contributed by atoms with Crippen molar-refractivity contribution < 1.29 is 9.59 Å². The highest BCUT2D eigenvalue weighted by atomic mass is 16.2. The molecule has 2 amide bonds. The number of carbonyl (C=O) groups is 2. The van der Waals surface area contributed by atoms with E-state index in [0.717, 1.165) is 0 Å². The summed E-state index contributed by atoms with van der Waals surface area (Å²) in [4.78, 5) is 32.7. The van der Waals surface area contributed by atoms with Crippen LogP contribution in [-0.2, 0) is 9.59 Å².